The highest BCUT2D eigenvalue weighted by Gasteiger charge is 2.21. The number of nitrogens with zero attached hydrogens (tertiary/aromatic N) is 3. The summed E-state index contributed by atoms with van der Waals surface area (Å²) >= 11 is 0. The zero-order chi connectivity index (χ0) is 19.1. The summed E-state index contributed by atoms with van der Waals surface area (Å²) in [6.07, 6.45) is 5.16. The normalized spacial score (nSPS) is 14.4. The summed E-state index contributed by atoms with van der Waals surface area (Å²) in [5.41, 5.74) is 3.16. The van der Waals surface area contributed by atoms with E-state index in [0.717, 1.165) is 55.9 Å². The van der Waals surface area contributed by atoms with Crippen molar-refractivity contribution < 1.29 is 9.15 Å². The van der Waals surface area contributed by atoms with Gasteiger partial charge in [-0.2, -0.15) is 0 Å². The second kappa shape index (κ2) is 9.55. The molecule has 1 heterocycles. The number of ether oxygens (including phenoxy) is 1. The summed E-state index contributed by atoms with van der Waals surface area (Å²) < 4.78 is 11.3. The molecule has 0 atom stereocenters. The molecule has 1 saturated carbocycles. The van der Waals surface area contributed by atoms with E-state index in [1.165, 1.54) is 18.4 Å². The minimum atomic E-state index is 0.666. The lowest BCUT2D eigenvalue weighted by Crippen LogP contribution is -2.41. The highest BCUT2D eigenvalue weighted by molar-refractivity contribution is 5.79. The third-order valence-corrected chi connectivity index (χ3v) is 4.71. The molecule has 6 heteroatoms. The molecule has 0 saturated heterocycles. The van der Waals surface area contributed by atoms with E-state index in [1.54, 1.807) is 13.3 Å². The molecule has 0 aliphatic heterocycles. The number of hydrogen-bond acceptors (Lipinski definition) is 4. The van der Waals surface area contributed by atoms with Gasteiger partial charge in [0, 0.05) is 45.8 Å². The minimum absolute atomic E-state index is 0.666. The van der Waals surface area contributed by atoms with Crippen LogP contribution in [-0.2, 0) is 11.2 Å². The maximum atomic E-state index is 5.70. The third-order valence-electron chi connectivity index (χ3n) is 4.71. The molecule has 3 rings (SSSR count). The molecule has 0 amide bonds. The van der Waals surface area contributed by atoms with Gasteiger partial charge in [-0.3, -0.25) is 4.99 Å². The molecule has 0 spiro atoms. The van der Waals surface area contributed by atoms with E-state index in [9.17, 15) is 0 Å². The highest BCUT2D eigenvalue weighted by Crippen LogP contribution is 2.28. The monoisotopic (exact) mass is 370 g/mol. The van der Waals surface area contributed by atoms with Gasteiger partial charge in [0.05, 0.1) is 12.3 Å². The zero-order valence-corrected chi connectivity index (χ0v) is 16.6. The van der Waals surface area contributed by atoms with Gasteiger partial charge in [0.25, 0.3) is 0 Å². The van der Waals surface area contributed by atoms with Crippen LogP contribution in [0.3, 0.4) is 0 Å². The smallest absolute Gasteiger partial charge is 0.226 e. The number of aromatic nitrogens is 1. The van der Waals surface area contributed by atoms with Crippen molar-refractivity contribution >= 4 is 5.96 Å². The first-order valence-electron chi connectivity index (χ1n) is 9.66. The summed E-state index contributed by atoms with van der Waals surface area (Å²) in [5, 5.41) is 3.37. The lowest BCUT2D eigenvalue weighted by molar-refractivity contribution is 0.115. The summed E-state index contributed by atoms with van der Waals surface area (Å²) in [5.74, 6) is 2.34. The van der Waals surface area contributed by atoms with E-state index in [4.69, 9.17) is 9.15 Å². The minimum Gasteiger partial charge on any atom is -0.444 e. The van der Waals surface area contributed by atoms with Crippen molar-refractivity contribution in [1.29, 1.82) is 0 Å². The van der Waals surface area contributed by atoms with Crippen molar-refractivity contribution in [2.45, 2.75) is 26.2 Å². The average molecular weight is 370 g/mol. The lowest BCUT2D eigenvalue weighted by Gasteiger charge is -2.21. The predicted molar refractivity (Wildman–Crippen MR) is 108 cm³/mol. The molecule has 0 radical (unpaired) electrons. The highest BCUT2D eigenvalue weighted by atomic mass is 16.5. The lowest BCUT2D eigenvalue weighted by atomic mass is 10.1. The Morgan fingerprint density at radius 1 is 1.33 bits per heavy atom. The zero-order valence-electron chi connectivity index (χ0n) is 16.6. The molecule has 1 N–H and O–H groups in total. The Morgan fingerprint density at radius 3 is 2.81 bits per heavy atom. The van der Waals surface area contributed by atoms with Crippen LogP contribution in [0.25, 0.3) is 11.5 Å². The molecule has 27 heavy (non-hydrogen) atoms. The maximum Gasteiger partial charge on any atom is 0.226 e. The molecule has 1 aliphatic carbocycles. The second-order valence-corrected chi connectivity index (χ2v) is 7.17. The number of likely N-dealkylation sites (N-methyl/N-ethyl adjacent to an activating group) is 1. The van der Waals surface area contributed by atoms with E-state index in [1.807, 2.05) is 19.2 Å². The average Bonchev–Trinajstić information content (AvgIpc) is 3.39. The van der Waals surface area contributed by atoms with Crippen LogP contribution in [0.5, 0.6) is 0 Å². The Balaban J connectivity index is 1.40. The summed E-state index contributed by atoms with van der Waals surface area (Å²) in [6, 6.07) is 8.19. The second-order valence-electron chi connectivity index (χ2n) is 7.17. The number of hydrogen-bond donors (Lipinski definition) is 1. The first-order valence-corrected chi connectivity index (χ1v) is 9.66. The first-order chi connectivity index (χ1) is 13.2. The van der Waals surface area contributed by atoms with E-state index < -0.39 is 0 Å². The number of aliphatic imine (C=N–C) groups is 1. The van der Waals surface area contributed by atoms with Gasteiger partial charge in [-0.1, -0.05) is 17.7 Å². The molecule has 6 nitrogen and oxygen atoms in total. The van der Waals surface area contributed by atoms with Crippen molar-refractivity contribution in [3.05, 3.63) is 41.8 Å². The van der Waals surface area contributed by atoms with Gasteiger partial charge in [-0.15, -0.1) is 0 Å². The quantitative estimate of drug-likeness (QED) is 0.417. The van der Waals surface area contributed by atoms with E-state index in [-0.39, 0.29) is 0 Å². The number of guanidine groups is 1. The SMILES string of the molecule is CN=C(NCCc1coc(-c2ccc(C)cc2)n1)N(C)CCOCC1CC1. The van der Waals surface area contributed by atoms with Crippen LogP contribution in [0.4, 0.5) is 0 Å². The largest absolute Gasteiger partial charge is 0.444 e. The number of rotatable bonds is 9. The van der Waals surface area contributed by atoms with Gasteiger partial charge in [-0.25, -0.2) is 4.98 Å². The van der Waals surface area contributed by atoms with E-state index in [0.29, 0.717) is 5.89 Å². The number of oxazole rings is 1. The van der Waals surface area contributed by atoms with Crippen molar-refractivity contribution in [2.24, 2.45) is 10.9 Å². The van der Waals surface area contributed by atoms with E-state index in [2.05, 4.69) is 39.2 Å². The molecule has 2 aromatic rings. The van der Waals surface area contributed by atoms with Crippen LogP contribution in [0.15, 0.2) is 39.9 Å². The standard InChI is InChI=1S/C21H30N4O2/c1-16-4-8-18(9-5-16)20-24-19(15-27-20)10-11-23-21(22-2)25(3)12-13-26-14-17-6-7-17/h4-5,8-9,15,17H,6-7,10-14H2,1-3H3,(H,22,23). The molecule has 1 fully saturated rings. The molecule has 1 aliphatic rings. The predicted octanol–water partition coefficient (Wildman–Crippen LogP) is 3.13. The van der Waals surface area contributed by atoms with Crippen molar-refractivity contribution in [1.82, 2.24) is 15.2 Å². The Bertz CT molecular complexity index is 735. The van der Waals surface area contributed by atoms with Crippen LogP contribution < -0.4 is 5.32 Å². The van der Waals surface area contributed by atoms with Gasteiger partial charge in [0.1, 0.15) is 6.26 Å². The number of benzene rings is 1. The van der Waals surface area contributed by atoms with Crippen molar-refractivity contribution in [3.63, 3.8) is 0 Å². The summed E-state index contributed by atoms with van der Waals surface area (Å²) in [4.78, 5) is 11.0. The Morgan fingerprint density at radius 2 is 2.11 bits per heavy atom. The molecule has 0 bridgehead atoms. The first kappa shape index (κ1) is 19.4. The topological polar surface area (TPSA) is 62.9 Å². The van der Waals surface area contributed by atoms with Crippen LogP contribution >= 0.6 is 0 Å². The Labute approximate surface area is 161 Å². The molecular weight excluding hydrogens is 340 g/mol. The number of nitrogens with one attached hydrogen (secondary N) is 1. The molecule has 1 aromatic heterocycles. The summed E-state index contributed by atoms with van der Waals surface area (Å²) in [7, 11) is 3.83. The van der Waals surface area contributed by atoms with Gasteiger partial charge in [0.15, 0.2) is 5.96 Å². The maximum absolute atomic E-state index is 5.70. The molecule has 0 unspecified atom stereocenters. The van der Waals surface area contributed by atoms with Crippen LogP contribution in [-0.4, -0.2) is 56.2 Å². The molecule has 146 valence electrons. The molecule has 1 aromatic carbocycles. The fourth-order valence-corrected chi connectivity index (χ4v) is 2.78. The Kier molecular flexibility index (Phi) is 6.87. The van der Waals surface area contributed by atoms with Gasteiger partial charge < -0.3 is 19.4 Å². The fourth-order valence-electron chi connectivity index (χ4n) is 2.78. The fraction of sp³-hybridized carbons (Fsp3) is 0.524. The Hall–Kier alpha value is -2.34. The number of aryl methyl sites for hydroxylation is 1. The van der Waals surface area contributed by atoms with Gasteiger partial charge in [0.2, 0.25) is 5.89 Å². The van der Waals surface area contributed by atoms with Crippen LogP contribution in [0.2, 0.25) is 0 Å². The van der Waals surface area contributed by atoms with E-state index >= 15 is 0 Å². The summed E-state index contributed by atoms with van der Waals surface area (Å²) in [6.45, 7) is 5.28. The van der Waals surface area contributed by atoms with Crippen molar-refractivity contribution in [2.75, 3.05) is 40.4 Å². The molecular formula is C21H30N4O2. The van der Waals surface area contributed by atoms with Gasteiger partial charge >= 0.3 is 0 Å². The van der Waals surface area contributed by atoms with Crippen LogP contribution in [0, 0.1) is 12.8 Å². The van der Waals surface area contributed by atoms with Crippen molar-refractivity contribution in [3.8, 4) is 11.5 Å². The van der Waals surface area contributed by atoms with Gasteiger partial charge in [-0.05, 0) is 37.8 Å². The third kappa shape index (κ3) is 6.10. The van der Waals surface area contributed by atoms with Crippen LogP contribution in [0.1, 0.15) is 24.1 Å².